The molecule has 0 aromatic rings. The van der Waals surface area contributed by atoms with Crippen molar-refractivity contribution in [3.63, 3.8) is 0 Å². The van der Waals surface area contributed by atoms with Gasteiger partial charge in [-0.05, 0) is 109 Å². The number of ether oxygens (including phenoxy) is 2. The number of unbranched alkanes of at least 4 members (excludes halogenated alkanes) is 19. The standard InChI is InChI=1S/C64H110NO7P/c1-6-8-10-12-14-16-18-20-22-24-26-28-30-32-34-36-38-40-42-44-46-48-50-52-54-56-59-69-61-63(62-71-73(67,68)70-60-58-65(3,4)5)72-64(66)57-55-53-51-49-47-45-43-41-39-37-35-33-31-29-27-25-23-21-19-17-15-13-11-9-7-2/h9,11,15,17-18,20-21,23-24,26-27,29-30,32-33,35,39,41,45,47,63H,6-8,10,12-14,16,19,22,25,28,31,34,36-38,40,42-44,46,48-62H2,1-5H3/b11-9-,17-15-,20-18-,23-21-,26-24-,29-27-,32-30-,35-33-,41-39-,47-45-. The van der Waals surface area contributed by atoms with Gasteiger partial charge in [0.1, 0.15) is 19.3 Å². The Hall–Kier alpha value is -3.10. The summed E-state index contributed by atoms with van der Waals surface area (Å²) in [7, 11) is 1.31. The van der Waals surface area contributed by atoms with Crippen molar-refractivity contribution in [2.24, 2.45) is 0 Å². The number of nitrogens with zero attached hydrogens (tertiary/aromatic N) is 1. The highest BCUT2D eigenvalue weighted by Gasteiger charge is 2.20. The van der Waals surface area contributed by atoms with E-state index >= 15 is 0 Å². The molecule has 0 saturated carbocycles. The fourth-order valence-corrected chi connectivity index (χ4v) is 8.26. The predicted octanol–water partition coefficient (Wildman–Crippen LogP) is 18.2. The minimum absolute atomic E-state index is 0.0117. The molecule has 0 N–H and O–H groups in total. The summed E-state index contributed by atoms with van der Waals surface area (Å²) in [5.41, 5.74) is 0. The summed E-state index contributed by atoms with van der Waals surface area (Å²) < 4.78 is 34.8. The number of esters is 1. The number of carbonyl (C=O) groups excluding carboxylic acids is 1. The fourth-order valence-electron chi connectivity index (χ4n) is 7.53. The number of likely N-dealkylation sites (N-methyl/N-ethyl adjacent to an activating group) is 1. The van der Waals surface area contributed by atoms with Crippen LogP contribution in [0.1, 0.15) is 219 Å². The fraction of sp³-hybridized carbons (Fsp3) is 0.672. The molecule has 2 unspecified atom stereocenters. The van der Waals surface area contributed by atoms with Gasteiger partial charge in [-0.2, -0.15) is 0 Å². The molecule has 8 nitrogen and oxygen atoms in total. The molecule has 0 spiro atoms. The van der Waals surface area contributed by atoms with Gasteiger partial charge in [-0.25, -0.2) is 0 Å². The number of carbonyl (C=O) groups is 1. The van der Waals surface area contributed by atoms with Crippen LogP contribution >= 0.6 is 7.82 Å². The second-order valence-corrected chi connectivity index (χ2v) is 21.7. The number of hydrogen-bond donors (Lipinski definition) is 0. The van der Waals surface area contributed by atoms with Crippen LogP contribution in [0.2, 0.25) is 0 Å². The zero-order valence-corrected chi connectivity index (χ0v) is 48.4. The Labute approximate surface area is 450 Å². The first-order chi connectivity index (χ1) is 35.6. The number of allylic oxidation sites excluding steroid dienone is 20. The lowest BCUT2D eigenvalue weighted by molar-refractivity contribution is -0.870. The van der Waals surface area contributed by atoms with Crippen LogP contribution in [0.3, 0.4) is 0 Å². The van der Waals surface area contributed by atoms with Gasteiger partial charge >= 0.3 is 5.97 Å². The Morgan fingerprint density at radius 2 is 0.795 bits per heavy atom. The van der Waals surface area contributed by atoms with E-state index in [0.29, 0.717) is 24.1 Å². The Balaban J connectivity index is 4.19. The Morgan fingerprint density at radius 3 is 1.19 bits per heavy atom. The van der Waals surface area contributed by atoms with Gasteiger partial charge in [-0.3, -0.25) is 9.36 Å². The van der Waals surface area contributed by atoms with Crippen LogP contribution in [0, 0.1) is 0 Å². The van der Waals surface area contributed by atoms with Gasteiger partial charge in [-0.15, -0.1) is 0 Å². The van der Waals surface area contributed by atoms with Gasteiger partial charge in [0.15, 0.2) is 0 Å². The van der Waals surface area contributed by atoms with Crippen molar-refractivity contribution in [2.45, 2.75) is 225 Å². The minimum Gasteiger partial charge on any atom is -0.756 e. The first kappa shape index (κ1) is 69.9. The van der Waals surface area contributed by atoms with Gasteiger partial charge in [0.2, 0.25) is 0 Å². The first-order valence-electron chi connectivity index (χ1n) is 29.3. The zero-order chi connectivity index (χ0) is 53.3. The molecule has 0 aromatic heterocycles. The molecule has 0 radical (unpaired) electrons. The maximum Gasteiger partial charge on any atom is 0.306 e. The SMILES string of the molecule is CC/C=C\C/C=C\C/C=C\C/C=C\C/C=C\C/C=C\C/C=C\CCCCCC(=O)OC(COCCCCCCCCCCCCC/C=C\C/C=C\C/C=C\CCCCCCC)COP(=O)([O-])OCC[N+](C)(C)C. The van der Waals surface area contributed by atoms with E-state index in [9.17, 15) is 14.3 Å². The summed E-state index contributed by atoms with van der Waals surface area (Å²) in [5.74, 6) is -0.370. The number of hydrogen-bond acceptors (Lipinski definition) is 7. The van der Waals surface area contributed by atoms with Crippen molar-refractivity contribution < 1.29 is 37.3 Å². The van der Waals surface area contributed by atoms with Crippen LogP contribution in [0.5, 0.6) is 0 Å². The van der Waals surface area contributed by atoms with Gasteiger partial charge in [0, 0.05) is 13.0 Å². The summed E-state index contributed by atoms with van der Waals surface area (Å²) in [5, 5.41) is 0. The van der Waals surface area contributed by atoms with E-state index in [0.717, 1.165) is 89.9 Å². The van der Waals surface area contributed by atoms with Gasteiger partial charge in [-0.1, -0.05) is 225 Å². The van der Waals surface area contributed by atoms with Crippen molar-refractivity contribution >= 4 is 13.8 Å². The van der Waals surface area contributed by atoms with Crippen LogP contribution in [0.4, 0.5) is 0 Å². The second kappa shape index (κ2) is 55.1. The van der Waals surface area contributed by atoms with Crippen molar-refractivity contribution in [1.82, 2.24) is 0 Å². The quantitative estimate of drug-likeness (QED) is 0.0197. The largest absolute Gasteiger partial charge is 0.756 e. The maximum atomic E-state index is 12.8. The zero-order valence-electron chi connectivity index (χ0n) is 47.5. The number of rotatable bonds is 53. The maximum absolute atomic E-state index is 12.8. The summed E-state index contributed by atoms with van der Waals surface area (Å²) in [6, 6.07) is 0. The molecule has 0 aliphatic heterocycles. The molecule has 9 heteroatoms. The van der Waals surface area contributed by atoms with Crippen molar-refractivity contribution in [3.05, 3.63) is 122 Å². The molecule has 0 fully saturated rings. The molecular weight excluding hydrogens is 926 g/mol. The van der Waals surface area contributed by atoms with E-state index < -0.39 is 13.9 Å². The lowest BCUT2D eigenvalue weighted by atomic mass is 10.1. The monoisotopic (exact) mass is 1040 g/mol. The average Bonchev–Trinajstić information content (AvgIpc) is 3.35. The normalized spacial score (nSPS) is 14.3. The van der Waals surface area contributed by atoms with E-state index in [-0.39, 0.29) is 32.2 Å². The van der Waals surface area contributed by atoms with Crippen molar-refractivity contribution in [1.29, 1.82) is 0 Å². The van der Waals surface area contributed by atoms with Gasteiger partial charge < -0.3 is 27.9 Å². The molecule has 0 amide bonds. The molecule has 418 valence electrons. The van der Waals surface area contributed by atoms with Crippen LogP contribution in [0.15, 0.2) is 122 Å². The molecule has 73 heavy (non-hydrogen) atoms. The molecule has 0 bridgehead atoms. The third kappa shape index (κ3) is 59.7. The van der Waals surface area contributed by atoms with Crippen LogP contribution in [-0.2, 0) is 27.9 Å². The van der Waals surface area contributed by atoms with E-state index in [2.05, 4.69) is 135 Å². The number of quaternary nitrogens is 1. The van der Waals surface area contributed by atoms with E-state index in [1.165, 1.54) is 103 Å². The summed E-state index contributed by atoms with van der Waals surface area (Å²) in [6.45, 7) is 5.22. The van der Waals surface area contributed by atoms with Crippen LogP contribution < -0.4 is 4.89 Å². The highest BCUT2D eigenvalue weighted by atomic mass is 31.2. The first-order valence-corrected chi connectivity index (χ1v) is 30.7. The van der Waals surface area contributed by atoms with Crippen molar-refractivity contribution in [2.75, 3.05) is 54.1 Å². The number of phosphoric acid groups is 1. The molecule has 0 rings (SSSR count). The predicted molar refractivity (Wildman–Crippen MR) is 314 cm³/mol. The molecule has 0 aliphatic carbocycles. The molecule has 0 saturated heterocycles. The summed E-state index contributed by atoms with van der Waals surface area (Å²) in [4.78, 5) is 25.3. The third-order valence-electron chi connectivity index (χ3n) is 12.0. The Morgan fingerprint density at radius 1 is 0.438 bits per heavy atom. The number of phosphoric ester groups is 1. The lowest BCUT2D eigenvalue weighted by Crippen LogP contribution is -2.37. The van der Waals surface area contributed by atoms with Crippen molar-refractivity contribution in [3.8, 4) is 0 Å². The molecule has 0 aromatic carbocycles. The summed E-state index contributed by atoms with van der Waals surface area (Å²) in [6.07, 6.45) is 79.6. The highest BCUT2D eigenvalue weighted by Crippen LogP contribution is 2.38. The van der Waals surface area contributed by atoms with E-state index in [1.54, 1.807) is 0 Å². The molecule has 0 heterocycles. The molecular formula is C64H110NO7P. The molecule has 0 aliphatic rings. The highest BCUT2D eigenvalue weighted by molar-refractivity contribution is 7.45. The van der Waals surface area contributed by atoms with Gasteiger partial charge in [0.25, 0.3) is 7.82 Å². The van der Waals surface area contributed by atoms with Gasteiger partial charge in [0.05, 0.1) is 34.4 Å². The minimum atomic E-state index is -4.56. The summed E-state index contributed by atoms with van der Waals surface area (Å²) >= 11 is 0. The average molecular weight is 1040 g/mol. The third-order valence-corrected chi connectivity index (χ3v) is 13.0. The van der Waals surface area contributed by atoms with Crippen LogP contribution in [-0.4, -0.2) is 70.7 Å². The Bertz CT molecular complexity index is 1580. The van der Waals surface area contributed by atoms with E-state index in [4.69, 9.17) is 18.5 Å². The second-order valence-electron chi connectivity index (χ2n) is 20.3. The van der Waals surface area contributed by atoms with Crippen LogP contribution in [0.25, 0.3) is 0 Å². The van der Waals surface area contributed by atoms with E-state index in [1.807, 2.05) is 21.1 Å². The molecule has 2 atom stereocenters. The smallest absolute Gasteiger partial charge is 0.306 e. The topological polar surface area (TPSA) is 94.1 Å². The Kier molecular flexibility index (Phi) is 52.8. The lowest BCUT2D eigenvalue weighted by Gasteiger charge is -2.28.